The van der Waals surface area contributed by atoms with Crippen LogP contribution in [0.5, 0.6) is 0 Å². The lowest BCUT2D eigenvalue weighted by molar-refractivity contribution is 0.0925. The van der Waals surface area contributed by atoms with E-state index in [0.29, 0.717) is 29.1 Å². The van der Waals surface area contributed by atoms with Crippen molar-refractivity contribution in [2.24, 2.45) is 14.1 Å². The molecule has 3 aromatic rings. The Morgan fingerprint density at radius 1 is 1.00 bits per heavy atom. The second-order valence-corrected chi connectivity index (χ2v) is 8.22. The van der Waals surface area contributed by atoms with E-state index in [1.165, 1.54) is 11.6 Å². The number of aryl methyl sites for hydroxylation is 1. The molecule has 0 radical (unpaired) electrons. The van der Waals surface area contributed by atoms with Crippen LogP contribution >= 0.6 is 0 Å². The molecule has 1 saturated heterocycles. The van der Waals surface area contributed by atoms with Crippen molar-refractivity contribution in [3.8, 4) is 0 Å². The molecule has 1 aliphatic rings. The maximum absolute atomic E-state index is 13.5. The van der Waals surface area contributed by atoms with Crippen molar-refractivity contribution in [3.63, 3.8) is 0 Å². The zero-order valence-corrected chi connectivity index (χ0v) is 18.4. The first-order valence-electron chi connectivity index (χ1n) is 11.0. The van der Waals surface area contributed by atoms with Crippen LogP contribution in [0.3, 0.4) is 0 Å². The Labute approximate surface area is 180 Å². The second-order valence-electron chi connectivity index (χ2n) is 8.22. The Morgan fingerprint density at radius 2 is 1.65 bits per heavy atom. The number of anilines is 1. The van der Waals surface area contributed by atoms with Gasteiger partial charge in [-0.15, -0.1) is 0 Å². The van der Waals surface area contributed by atoms with Crippen LogP contribution in [0.2, 0.25) is 0 Å². The zero-order valence-electron chi connectivity index (χ0n) is 18.4. The van der Waals surface area contributed by atoms with E-state index in [9.17, 15) is 14.4 Å². The number of imidazole rings is 1. The van der Waals surface area contributed by atoms with Gasteiger partial charge in [-0.2, -0.15) is 4.98 Å². The Morgan fingerprint density at radius 3 is 2.26 bits per heavy atom. The van der Waals surface area contributed by atoms with Gasteiger partial charge in [-0.3, -0.25) is 23.3 Å². The fourth-order valence-corrected chi connectivity index (χ4v) is 4.47. The van der Waals surface area contributed by atoms with Crippen molar-refractivity contribution in [1.29, 1.82) is 0 Å². The molecule has 4 rings (SSSR count). The van der Waals surface area contributed by atoms with Crippen LogP contribution < -0.4 is 16.1 Å². The Balaban J connectivity index is 2.00. The summed E-state index contributed by atoms with van der Waals surface area (Å²) in [5.41, 5.74) is 0.379. The van der Waals surface area contributed by atoms with E-state index in [2.05, 4.69) is 4.90 Å². The van der Waals surface area contributed by atoms with Gasteiger partial charge in [0.15, 0.2) is 16.9 Å². The topological polar surface area (TPSA) is 82.1 Å². The number of hydrogen-bond acceptors (Lipinski definition) is 5. The largest absolute Gasteiger partial charge is 0.342 e. The second kappa shape index (κ2) is 8.53. The summed E-state index contributed by atoms with van der Waals surface area (Å²) in [7, 11) is 3.08. The van der Waals surface area contributed by atoms with Crippen LogP contribution in [0.1, 0.15) is 55.4 Å². The van der Waals surface area contributed by atoms with Crippen LogP contribution in [-0.4, -0.2) is 37.6 Å². The summed E-state index contributed by atoms with van der Waals surface area (Å²) >= 11 is 0. The summed E-state index contributed by atoms with van der Waals surface area (Å²) in [6.07, 6.45) is 4.87. The minimum atomic E-state index is -0.587. The fraction of sp³-hybridized carbons (Fsp3) is 0.478. The molecule has 0 amide bonds. The van der Waals surface area contributed by atoms with Gasteiger partial charge >= 0.3 is 5.69 Å². The third kappa shape index (κ3) is 3.60. The quantitative estimate of drug-likeness (QED) is 0.589. The monoisotopic (exact) mass is 423 g/mol. The maximum atomic E-state index is 13.5. The Hall–Kier alpha value is -3.16. The molecule has 8 heteroatoms. The number of rotatable bonds is 5. The van der Waals surface area contributed by atoms with E-state index in [-0.39, 0.29) is 5.78 Å². The average molecular weight is 424 g/mol. The van der Waals surface area contributed by atoms with Gasteiger partial charge < -0.3 is 4.90 Å². The van der Waals surface area contributed by atoms with E-state index in [1.54, 1.807) is 23.7 Å². The van der Waals surface area contributed by atoms with Crippen molar-refractivity contribution < 1.29 is 4.79 Å². The van der Waals surface area contributed by atoms with Gasteiger partial charge in [-0.1, -0.05) is 50.1 Å². The van der Waals surface area contributed by atoms with Crippen molar-refractivity contribution in [2.75, 3.05) is 18.0 Å². The van der Waals surface area contributed by atoms with E-state index in [4.69, 9.17) is 4.98 Å². The van der Waals surface area contributed by atoms with E-state index < -0.39 is 17.3 Å². The average Bonchev–Trinajstić information content (AvgIpc) is 2.98. The summed E-state index contributed by atoms with van der Waals surface area (Å²) in [6, 6.07) is 8.55. The van der Waals surface area contributed by atoms with E-state index in [0.717, 1.165) is 43.3 Å². The molecule has 1 atom stereocenters. The lowest BCUT2D eigenvalue weighted by atomic mass is 10.0. The third-order valence-corrected chi connectivity index (χ3v) is 6.22. The maximum Gasteiger partial charge on any atom is 0.332 e. The number of fused-ring (bicyclic) bond motifs is 1. The number of carbonyl (C=O) groups excluding carboxylic acids is 1. The predicted molar refractivity (Wildman–Crippen MR) is 121 cm³/mol. The first kappa shape index (κ1) is 21.1. The molecule has 0 bridgehead atoms. The van der Waals surface area contributed by atoms with Crippen molar-refractivity contribution in [2.45, 2.75) is 45.1 Å². The smallest absolute Gasteiger partial charge is 0.332 e. The van der Waals surface area contributed by atoms with E-state index >= 15 is 0 Å². The van der Waals surface area contributed by atoms with Gasteiger partial charge in [0.25, 0.3) is 5.56 Å². The highest BCUT2D eigenvalue weighted by molar-refractivity contribution is 6.00. The lowest BCUT2D eigenvalue weighted by Gasteiger charge is -2.26. The fourth-order valence-electron chi connectivity index (χ4n) is 4.47. The molecule has 0 aliphatic carbocycles. The van der Waals surface area contributed by atoms with Gasteiger partial charge in [-0.05, 0) is 19.3 Å². The molecule has 0 saturated carbocycles. The molecule has 1 aromatic carbocycles. The molecule has 0 N–H and O–H groups in total. The highest BCUT2D eigenvalue weighted by atomic mass is 16.2. The summed E-state index contributed by atoms with van der Waals surface area (Å²) in [5, 5.41) is 0. The number of nitrogens with zero attached hydrogens (tertiary/aromatic N) is 5. The minimum Gasteiger partial charge on any atom is -0.342 e. The molecule has 31 heavy (non-hydrogen) atoms. The number of ketones is 1. The Bertz CT molecular complexity index is 1210. The van der Waals surface area contributed by atoms with Crippen LogP contribution in [0, 0.1) is 0 Å². The number of hydrogen-bond donors (Lipinski definition) is 0. The van der Waals surface area contributed by atoms with Crippen LogP contribution in [-0.2, 0) is 14.1 Å². The van der Waals surface area contributed by atoms with Gasteiger partial charge in [0.1, 0.15) is 6.04 Å². The zero-order chi connectivity index (χ0) is 22.1. The van der Waals surface area contributed by atoms with Crippen molar-refractivity contribution >= 4 is 22.9 Å². The summed E-state index contributed by atoms with van der Waals surface area (Å²) < 4.78 is 4.28. The molecule has 2 aromatic heterocycles. The van der Waals surface area contributed by atoms with Gasteiger partial charge in [0, 0.05) is 32.7 Å². The third-order valence-electron chi connectivity index (χ3n) is 6.22. The van der Waals surface area contributed by atoms with Gasteiger partial charge in [0.2, 0.25) is 5.95 Å². The molecule has 1 unspecified atom stereocenters. The Kier molecular flexibility index (Phi) is 5.80. The molecule has 3 heterocycles. The molecular weight excluding hydrogens is 394 g/mol. The van der Waals surface area contributed by atoms with Crippen LogP contribution in [0.25, 0.3) is 11.2 Å². The summed E-state index contributed by atoms with van der Waals surface area (Å²) in [5.74, 6) is 0.542. The molecule has 1 aliphatic heterocycles. The predicted octanol–water partition coefficient (Wildman–Crippen LogP) is 2.65. The van der Waals surface area contributed by atoms with E-state index in [1.807, 2.05) is 25.1 Å². The number of Topliss-reactive ketones (excluding diaryl/α,β-unsaturated/α-hetero) is 1. The molecule has 1 fully saturated rings. The van der Waals surface area contributed by atoms with Crippen molar-refractivity contribution in [3.05, 3.63) is 56.7 Å². The standard InChI is InChI=1S/C23H29N5O3/c1-4-17(19(29)16-12-8-7-9-13-16)28-18-20(25(2)23(31)26(3)21(18)30)24-22(28)27-14-10-5-6-11-15-27/h7-9,12-13,17H,4-6,10-11,14-15H2,1-3H3. The SMILES string of the molecule is CCC(C(=O)c1ccccc1)n1c(N2CCCCCC2)nc2c1c(=O)n(C)c(=O)n2C. The number of benzene rings is 1. The summed E-state index contributed by atoms with van der Waals surface area (Å²) in [6.45, 7) is 3.57. The molecular formula is C23H29N5O3. The van der Waals surface area contributed by atoms with Crippen molar-refractivity contribution in [1.82, 2.24) is 18.7 Å². The molecule has 164 valence electrons. The normalized spacial score (nSPS) is 15.8. The lowest BCUT2D eigenvalue weighted by Crippen LogP contribution is -2.38. The minimum absolute atomic E-state index is 0.0608. The van der Waals surface area contributed by atoms with Crippen LogP contribution in [0.15, 0.2) is 39.9 Å². The first-order valence-corrected chi connectivity index (χ1v) is 11.0. The highest BCUT2D eigenvalue weighted by Crippen LogP contribution is 2.30. The number of carbonyl (C=O) groups is 1. The number of aromatic nitrogens is 4. The molecule has 8 nitrogen and oxygen atoms in total. The van der Waals surface area contributed by atoms with Gasteiger partial charge in [0.05, 0.1) is 0 Å². The summed E-state index contributed by atoms with van der Waals surface area (Å²) in [4.78, 5) is 46.2. The van der Waals surface area contributed by atoms with Gasteiger partial charge in [-0.25, -0.2) is 4.79 Å². The highest BCUT2D eigenvalue weighted by Gasteiger charge is 2.30. The molecule has 0 spiro atoms. The first-order chi connectivity index (χ1) is 15.0. The van der Waals surface area contributed by atoms with Crippen LogP contribution in [0.4, 0.5) is 5.95 Å².